The van der Waals surface area contributed by atoms with Crippen molar-refractivity contribution in [3.8, 4) is 5.75 Å². The van der Waals surface area contributed by atoms with Crippen molar-refractivity contribution in [3.63, 3.8) is 0 Å². The molecule has 0 aromatic heterocycles. The molecular formula is C22H28FN3O2. The van der Waals surface area contributed by atoms with Crippen molar-refractivity contribution in [1.82, 2.24) is 15.1 Å². The number of piperazine rings is 1. The second-order valence-electron chi connectivity index (χ2n) is 7.33. The average Bonchev–Trinajstić information content (AvgIpc) is 2.69. The summed E-state index contributed by atoms with van der Waals surface area (Å²) in [5.74, 6) is -0.275. The van der Waals surface area contributed by atoms with Crippen molar-refractivity contribution in [2.75, 3.05) is 33.2 Å². The van der Waals surface area contributed by atoms with Crippen LogP contribution in [0.4, 0.5) is 4.39 Å². The van der Waals surface area contributed by atoms with Crippen LogP contribution in [0.1, 0.15) is 18.1 Å². The van der Waals surface area contributed by atoms with Gasteiger partial charge in [-0.15, -0.1) is 0 Å². The average molecular weight is 385 g/mol. The van der Waals surface area contributed by atoms with E-state index in [1.807, 2.05) is 12.1 Å². The number of hydrogen-bond donors (Lipinski definition) is 1. The quantitative estimate of drug-likeness (QED) is 0.796. The Morgan fingerprint density at radius 3 is 2.46 bits per heavy atom. The molecule has 1 aliphatic rings. The lowest BCUT2D eigenvalue weighted by atomic mass is 10.1. The van der Waals surface area contributed by atoms with Gasteiger partial charge in [-0.1, -0.05) is 30.3 Å². The number of nitrogens with zero attached hydrogens (tertiary/aromatic N) is 2. The van der Waals surface area contributed by atoms with E-state index < -0.39 is 6.10 Å². The number of nitrogens with one attached hydrogen (secondary N) is 1. The lowest BCUT2D eigenvalue weighted by Gasteiger charge is -2.32. The van der Waals surface area contributed by atoms with Crippen LogP contribution in [0.25, 0.3) is 0 Å². The fourth-order valence-electron chi connectivity index (χ4n) is 3.16. The van der Waals surface area contributed by atoms with Gasteiger partial charge < -0.3 is 15.0 Å². The highest BCUT2D eigenvalue weighted by Crippen LogP contribution is 2.14. The summed E-state index contributed by atoms with van der Waals surface area (Å²) in [7, 11) is 2.16. The summed E-state index contributed by atoms with van der Waals surface area (Å²) in [4.78, 5) is 17.0. The fourth-order valence-corrected chi connectivity index (χ4v) is 3.16. The Morgan fingerprint density at radius 2 is 1.79 bits per heavy atom. The number of halogens is 1. The zero-order chi connectivity index (χ0) is 19.9. The second-order valence-corrected chi connectivity index (χ2v) is 7.33. The molecular weight excluding hydrogens is 357 g/mol. The summed E-state index contributed by atoms with van der Waals surface area (Å²) in [6.45, 7) is 7.46. The molecule has 1 heterocycles. The normalized spacial score (nSPS) is 16.5. The van der Waals surface area contributed by atoms with Gasteiger partial charge in [0.05, 0.1) is 0 Å². The number of carbonyl (C=O) groups is 1. The molecule has 2 aromatic rings. The smallest absolute Gasteiger partial charge is 0.261 e. The maximum atomic E-state index is 13.2. The summed E-state index contributed by atoms with van der Waals surface area (Å²) < 4.78 is 18.7. The van der Waals surface area contributed by atoms with Gasteiger partial charge in [0.1, 0.15) is 11.6 Å². The van der Waals surface area contributed by atoms with Gasteiger partial charge in [0.25, 0.3) is 5.91 Å². The van der Waals surface area contributed by atoms with E-state index in [1.54, 1.807) is 19.1 Å². The van der Waals surface area contributed by atoms with Crippen LogP contribution in [0.15, 0.2) is 48.5 Å². The van der Waals surface area contributed by atoms with E-state index >= 15 is 0 Å². The predicted molar refractivity (Wildman–Crippen MR) is 108 cm³/mol. The molecule has 0 radical (unpaired) electrons. The molecule has 0 aliphatic carbocycles. The SMILES string of the molecule is CC(Oc1cccc(F)c1)C(=O)NCc1ccc(CN2CCN(C)CC2)cc1. The molecule has 2 aromatic carbocycles. The van der Waals surface area contributed by atoms with Crippen LogP contribution < -0.4 is 10.1 Å². The Bertz CT molecular complexity index is 774. The lowest BCUT2D eigenvalue weighted by molar-refractivity contribution is -0.127. The van der Waals surface area contributed by atoms with E-state index in [0.717, 1.165) is 38.3 Å². The fraction of sp³-hybridized carbons (Fsp3) is 0.409. The molecule has 1 aliphatic heterocycles. The van der Waals surface area contributed by atoms with Crippen molar-refractivity contribution in [2.24, 2.45) is 0 Å². The summed E-state index contributed by atoms with van der Waals surface area (Å²) >= 11 is 0. The Kier molecular flexibility index (Phi) is 7.01. The van der Waals surface area contributed by atoms with Gasteiger partial charge in [-0.2, -0.15) is 0 Å². The van der Waals surface area contributed by atoms with Crippen LogP contribution in [0.2, 0.25) is 0 Å². The molecule has 3 rings (SSSR count). The molecule has 1 amide bonds. The number of rotatable bonds is 7. The van der Waals surface area contributed by atoms with E-state index in [4.69, 9.17) is 4.74 Å². The second kappa shape index (κ2) is 9.66. The summed E-state index contributed by atoms with van der Waals surface area (Å²) in [5, 5.41) is 2.87. The molecule has 1 fully saturated rings. The molecule has 0 spiro atoms. The maximum Gasteiger partial charge on any atom is 0.261 e. The Hall–Kier alpha value is -2.44. The Balaban J connectivity index is 1.44. The molecule has 1 unspecified atom stereocenters. The zero-order valence-corrected chi connectivity index (χ0v) is 16.5. The number of ether oxygens (including phenoxy) is 1. The van der Waals surface area contributed by atoms with Gasteiger partial charge in [-0.05, 0) is 37.2 Å². The predicted octanol–water partition coefficient (Wildman–Crippen LogP) is 2.66. The largest absolute Gasteiger partial charge is 0.481 e. The van der Waals surface area contributed by atoms with E-state index in [1.165, 1.54) is 17.7 Å². The van der Waals surface area contributed by atoms with Crippen LogP contribution in [-0.2, 0) is 17.9 Å². The standard InChI is InChI=1S/C22H28FN3O2/c1-17(28-21-5-3-4-20(23)14-21)22(27)24-15-18-6-8-19(9-7-18)16-26-12-10-25(2)11-13-26/h3-9,14,17H,10-13,15-16H2,1-2H3,(H,24,27). The van der Waals surface area contributed by atoms with E-state index in [9.17, 15) is 9.18 Å². The van der Waals surface area contributed by atoms with E-state index in [2.05, 4.69) is 34.3 Å². The number of amides is 1. The van der Waals surface area contributed by atoms with Gasteiger partial charge in [-0.25, -0.2) is 4.39 Å². The molecule has 0 saturated carbocycles. The molecule has 1 saturated heterocycles. The third kappa shape index (κ3) is 6.04. The van der Waals surface area contributed by atoms with E-state index in [-0.39, 0.29) is 11.7 Å². The molecule has 1 N–H and O–H groups in total. The minimum Gasteiger partial charge on any atom is -0.481 e. The molecule has 28 heavy (non-hydrogen) atoms. The minimum atomic E-state index is -0.696. The highest BCUT2D eigenvalue weighted by atomic mass is 19.1. The highest BCUT2D eigenvalue weighted by molar-refractivity contribution is 5.80. The number of carbonyl (C=O) groups excluding carboxylic acids is 1. The van der Waals surface area contributed by atoms with Gasteiger partial charge >= 0.3 is 0 Å². The van der Waals surface area contributed by atoms with Crippen LogP contribution in [-0.4, -0.2) is 55.0 Å². The van der Waals surface area contributed by atoms with Crippen molar-refractivity contribution >= 4 is 5.91 Å². The first-order valence-electron chi connectivity index (χ1n) is 9.68. The van der Waals surface area contributed by atoms with Crippen LogP contribution >= 0.6 is 0 Å². The Labute approximate surface area is 166 Å². The van der Waals surface area contributed by atoms with Gasteiger partial charge in [0.2, 0.25) is 0 Å². The maximum absolute atomic E-state index is 13.2. The number of likely N-dealkylation sites (N-methyl/N-ethyl adjacent to an activating group) is 1. The van der Waals surface area contributed by atoms with Crippen molar-refractivity contribution in [3.05, 3.63) is 65.5 Å². The topological polar surface area (TPSA) is 44.8 Å². The summed E-state index contributed by atoms with van der Waals surface area (Å²) in [5.41, 5.74) is 2.32. The Morgan fingerprint density at radius 1 is 1.11 bits per heavy atom. The van der Waals surface area contributed by atoms with Gasteiger partial charge in [0.15, 0.2) is 6.10 Å². The minimum absolute atomic E-state index is 0.231. The van der Waals surface area contributed by atoms with Crippen LogP contribution in [0.3, 0.4) is 0 Å². The highest BCUT2D eigenvalue weighted by Gasteiger charge is 2.15. The third-order valence-corrected chi connectivity index (χ3v) is 4.97. The monoisotopic (exact) mass is 385 g/mol. The number of hydrogen-bond acceptors (Lipinski definition) is 4. The first kappa shape index (κ1) is 20.3. The summed E-state index contributed by atoms with van der Waals surface area (Å²) in [6.07, 6.45) is -0.696. The molecule has 6 heteroatoms. The van der Waals surface area contributed by atoms with Crippen molar-refractivity contribution in [2.45, 2.75) is 26.1 Å². The van der Waals surface area contributed by atoms with Crippen molar-refractivity contribution < 1.29 is 13.9 Å². The summed E-state index contributed by atoms with van der Waals surface area (Å²) in [6, 6.07) is 14.1. The van der Waals surface area contributed by atoms with Gasteiger partial charge in [-0.3, -0.25) is 9.69 Å². The first-order valence-corrected chi connectivity index (χ1v) is 9.68. The molecule has 1 atom stereocenters. The van der Waals surface area contributed by atoms with Crippen LogP contribution in [0.5, 0.6) is 5.75 Å². The lowest BCUT2D eigenvalue weighted by Crippen LogP contribution is -2.43. The van der Waals surface area contributed by atoms with E-state index in [0.29, 0.717) is 12.3 Å². The molecule has 5 nitrogen and oxygen atoms in total. The van der Waals surface area contributed by atoms with Gasteiger partial charge in [0, 0.05) is 45.3 Å². The zero-order valence-electron chi connectivity index (χ0n) is 16.5. The first-order chi connectivity index (χ1) is 13.5. The number of benzene rings is 2. The third-order valence-electron chi connectivity index (χ3n) is 4.97. The molecule has 0 bridgehead atoms. The van der Waals surface area contributed by atoms with Crippen molar-refractivity contribution in [1.29, 1.82) is 0 Å². The van der Waals surface area contributed by atoms with Crippen LogP contribution in [0, 0.1) is 5.82 Å². The molecule has 150 valence electrons.